The number of aromatic nitrogens is 1. The normalized spacial score (nSPS) is 10.6. The van der Waals surface area contributed by atoms with Gasteiger partial charge in [-0.3, -0.25) is 0 Å². The molecule has 0 saturated heterocycles. The zero-order valence-corrected chi connectivity index (χ0v) is 13.9. The number of nitrogen functional groups attached to an aromatic ring is 1. The fourth-order valence-electron chi connectivity index (χ4n) is 1.57. The fraction of sp³-hybridized carbons (Fsp3) is 0.182. The van der Waals surface area contributed by atoms with Crippen LogP contribution in [0, 0.1) is 0 Å². The molecule has 0 aliphatic carbocycles. The predicted molar refractivity (Wildman–Crippen MR) is 86.2 cm³/mol. The molecule has 102 valence electrons. The summed E-state index contributed by atoms with van der Waals surface area (Å²) in [5, 5.41) is 2.91. The second kappa shape index (κ2) is 6.28. The molecule has 0 unspecified atom stereocenters. The van der Waals surface area contributed by atoms with E-state index in [2.05, 4.69) is 32.4 Å². The quantitative estimate of drug-likeness (QED) is 0.617. The Hall–Kier alpha value is -0.530. The number of hydrogen-bond donors (Lipinski definition) is 2. The SMILES string of the molecule is CN(Cc1cc(Br)cs1)c1nc(NN)c(Cl)cc1Cl. The molecule has 0 saturated carbocycles. The molecule has 0 aromatic carbocycles. The molecular weight excluding hydrogens is 371 g/mol. The summed E-state index contributed by atoms with van der Waals surface area (Å²) in [6.07, 6.45) is 0. The lowest BCUT2D eigenvalue weighted by Gasteiger charge is -2.19. The number of hydrogen-bond acceptors (Lipinski definition) is 5. The minimum absolute atomic E-state index is 0.392. The molecule has 0 bridgehead atoms. The van der Waals surface area contributed by atoms with Crippen molar-refractivity contribution in [3.63, 3.8) is 0 Å². The Morgan fingerprint density at radius 1 is 1.42 bits per heavy atom. The molecule has 0 aliphatic heterocycles. The highest BCUT2D eigenvalue weighted by atomic mass is 79.9. The molecule has 0 aliphatic rings. The van der Waals surface area contributed by atoms with Crippen LogP contribution >= 0.6 is 50.5 Å². The van der Waals surface area contributed by atoms with Crippen molar-refractivity contribution < 1.29 is 0 Å². The van der Waals surface area contributed by atoms with Crippen molar-refractivity contribution in [2.24, 2.45) is 5.84 Å². The molecule has 19 heavy (non-hydrogen) atoms. The van der Waals surface area contributed by atoms with Gasteiger partial charge in [-0.2, -0.15) is 0 Å². The summed E-state index contributed by atoms with van der Waals surface area (Å²) < 4.78 is 1.07. The summed E-state index contributed by atoms with van der Waals surface area (Å²) in [5.41, 5.74) is 2.45. The number of hydrazine groups is 1. The van der Waals surface area contributed by atoms with Crippen LogP contribution in [0.2, 0.25) is 10.0 Å². The number of anilines is 2. The number of nitrogens with zero attached hydrogens (tertiary/aromatic N) is 2. The van der Waals surface area contributed by atoms with Gasteiger partial charge in [-0.1, -0.05) is 23.2 Å². The van der Waals surface area contributed by atoms with E-state index in [-0.39, 0.29) is 0 Å². The molecule has 0 amide bonds. The van der Waals surface area contributed by atoms with Crippen LogP contribution in [0.4, 0.5) is 11.6 Å². The first-order chi connectivity index (χ1) is 9.01. The number of nitrogens with two attached hydrogens (primary N) is 1. The van der Waals surface area contributed by atoms with Crippen LogP contribution in [-0.2, 0) is 6.54 Å². The summed E-state index contributed by atoms with van der Waals surface area (Å²) in [5.74, 6) is 6.39. The molecule has 2 heterocycles. The van der Waals surface area contributed by atoms with Crippen molar-refractivity contribution in [2.45, 2.75) is 6.54 Å². The first-order valence-electron chi connectivity index (χ1n) is 5.28. The second-order valence-electron chi connectivity index (χ2n) is 3.86. The minimum atomic E-state index is 0.392. The van der Waals surface area contributed by atoms with Crippen molar-refractivity contribution >= 4 is 62.1 Å². The van der Waals surface area contributed by atoms with Crippen molar-refractivity contribution in [1.82, 2.24) is 4.98 Å². The Kier molecular flexibility index (Phi) is 4.92. The fourth-order valence-corrected chi connectivity index (χ4v) is 3.63. The molecule has 0 atom stereocenters. The van der Waals surface area contributed by atoms with E-state index in [1.807, 2.05) is 17.3 Å². The summed E-state index contributed by atoms with van der Waals surface area (Å²) in [6, 6.07) is 3.69. The van der Waals surface area contributed by atoms with E-state index in [1.165, 1.54) is 4.88 Å². The van der Waals surface area contributed by atoms with E-state index in [4.69, 9.17) is 29.0 Å². The first-order valence-corrected chi connectivity index (χ1v) is 7.71. The third kappa shape index (κ3) is 3.52. The molecule has 0 spiro atoms. The number of nitrogens with one attached hydrogen (secondary N) is 1. The summed E-state index contributed by atoms with van der Waals surface area (Å²) in [6.45, 7) is 0.703. The second-order valence-corrected chi connectivity index (χ2v) is 6.58. The highest BCUT2D eigenvalue weighted by Gasteiger charge is 2.13. The monoisotopic (exact) mass is 380 g/mol. The maximum Gasteiger partial charge on any atom is 0.161 e. The van der Waals surface area contributed by atoms with Crippen LogP contribution in [-0.4, -0.2) is 12.0 Å². The van der Waals surface area contributed by atoms with Crippen LogP contribution < -0.4 is 16.2 Å². The van der Waals surface area contributed by atoms with Gasteiger partial charge >= 0.3 is 0 Å². The van der Waals surface area contributed by atoms with E-state index < -0.39 is 0 Å². The van der Waals surface area contributed by atoms with E-state index in [0.717, 1.165) is 4.47 Å². The van der Waals surface area contributed by atoms with Crippen molar-refractivity contribution in [1.29, 1.82) is 0 Å². The average molecular weight is 382 g/mol. The Bertz CT molecular complexity index is 590. The van der Waals surface area contributed by atoms with E-state index in [0.29, 0.717) is 28.2 Å². The van der Waals surface area contributed by atoms with Gasteiger partial charge in [0.05, 0.1) is 16.6 Å². The zero-order valence-electron chi connectivity index (χ0n) is 9.95. The largest absolute Gasteiger partial charge is 0.353 e. The molecule has 0 fully saturated rings. The lowest BCUT2D eigenvalue weighted by Crippen LogP contribution is -2.19. The number of rotatable bonds is 4. The summed E-state index contributed by atoms with van der Waals surface area (Å²) in [7, 11) is 1.91. The van der Waals surface area contributed by atoms with Gasteiger partial charge in [-0.05, 0) is 28.1 Å². The Morgan fingerprint density at radius 2 is 2.16 bits per heavy atom. The van der Waals surface area contributed by atoms with E-state index in [1.54, 1.807) is 17.4 Å². The molecule has 2 aromatic heterocycles. The maximum absolute atomic E-state index is 6.16. The lowest BCUT2D eigenvalue weighted by atomic mass is 10.4. The van der Waals surface area contributed by atoms with Crippen LogP contribution in [0.3, 0.4) is 0 Å². The highest BCUT2D eigenvalue weighted by molar-refractivity contribution is 9.10. The third-order valence-electron chi connectivity index (χ3n) is 2.42. The van der Waals surface area contributed by atoms with Gasteiger partial charge in [-0.25, -0.2) is 10.8 Å². The van der Waals surface area contributed by atoms with Gasteiger partial charge in [0.2, 0.25) is 0 Å². The third-order valence-corrected chi connectivity index (χ3v) is 4.67. The van der Waals surface area contributed by atoms with Gasteiger partial charge in [0.25, 0.3) is 0 Å². The first kappa shape index (κ1) is 14.9. The maximum atomic E-state index is 6.16. The standard InChI is InChI=1S/C11H11BrCl2N4S/c1-18(4-7-2-6(12)5-19-7)11-9(14)3-8(13)10(16-11)17-15/h2-3,5H,4,15H2,1H3,(H,16,17). The summed E-state index contributed by atoms with van der Waals surface area (Å²) in [4.78, 5) is 7.45. The smallest absolute Gasteiger partial charge is 0.161 e. The van der Waals surface area contributed by atoms with Crippen molar-refractivity contribution in [3.05, 3.63) is 36.9 Å². The number of thiophene rings is 1. The Labute approximate surface area is 133 Å². The lowest BCUT2D eigenvalue weighted by molar-refractivity contribution is 0.912. The molecule has 4 nitrogen and oxygen atoms in total. The van der Waals surface area contributed by atoms with Crippen LogP contribution in [0.5, 0.6) is 0 Å². The molecule has 3 N–H and O–H groups in total. The summed E-state index contributed by atoms with van der Waals surface area (Å²) >= 11 is 17.2. The average Bonchev–Trinajstić information content (AvgIpc) is 2.74. The Balaban J connectivity index is 2.25. The van der Waals surface area contributed by atoms with Gasteiger partial charge < -0.3 is 10.3 Å². The van der Waals surface area contributed by atoms with Gasteiger partial charge in [-0.15, -0.1) is 11.3 Å². The molecule has 2 aromatic rings. The van der Waals surface area contributed by atoms with E-state index in [9.17, 15) is 0 Å². The minimum Gasteiger partial charge on any atom is -0.353 e. The van der Waals surface area contributed by atoms with Crippen LogP contribution in [0.15, 0.2) is 22.0 Å². The Morgan fingerprint density at radius 3 is 2.74 bits per heavy atom. The topological polar surface area (TPSA) is 54.2 Å². The van der Waals surface area contributed by atoms with Gasteiger partial charge in [0.15, 0.2) is 5.82 Å². The number of halogens is 3. The molecule has 2 rings (SSSR count). The van der Waals surface area contributed by atoms with E-state index >= 15 is 0 Å². The predicted octanol–water partition coefficient (Wildman–Crippen LogP) is 4.13. The number of pyridine rings is 1. The molecule has 8 heteroatoms. The van der Waals surface area contributed by atoms with Gasteiger partial charge in [0, 0.05) is 21.8 Å². The van der Waals surface area contributed by atoms with Crippen molar-refractivity contribution in [2.75, 3.05) is 17.4 Å². The molecular formula is C11H11BrCl2N4S. The zero-order chi connectivity index (χ0) is 14.0. The molecule has 0 radical (unpaired) electrons. The van der Waals surface area contributed by atoms with Gasteiger partial charge in [0.1, 0.15) is 5.82 Å². The van der Waals surface area contributed by atoms with Crippen LogP contribution in [0.1, 0.15) is 4.88 Å². The highest BCUT2D eigenvalue weighted by Crippen LogP contribution is 2.32. The van der Waals surface area contributed by atoms with Crippen LogP contribution in [0.25, 0.3) is 0 Å². The van der Waals surface area contributed by atoms with Crippen molar-refractivity contribution in [3.8, 4) is 0 Å².